The molecule has 0 aliphatic rings. The first-order valence-electron chi connectivity index (χ1n) is 6.81. The van der Waals surface area contributed by atoms with E-state index >= 15 is 0 Å². The summed E-state index contributed by atoms with van der Waals surface area (Å²) in [5, 5.41) is 13.8. The van der Waals surface area contributed by atoms with Crippen LogP contribution in [0.1, 0.15) is 15.9 Å². The molecular formula is C16H14N4O3. The van der Waals surface area contributed by atoms with Crippen molar-refractivity contribution in [3.63, 3.8) is 0 Å². The molecule has 7 heteroatoms. The maximum atomic E-state index is 12.1. The number of benzene rings is 2. The van der Waals surface area contributed by atoms with Crippen molar-refractivity contribution in [2.75, 3.05) is 7.11 Å². The lowest BCUT2D eigenvalue weighted by Gasteiger charge is -2.05. The molecule has 0 saturated heterocycles. The lowest BCUT2D eigenvalue weighted by molar-refractivity contribution is 0.0955. The van der Waals surface area contributed by atoms with E-state index in [2.05, 4.69) is 20.5 Å². The number of H-pyrrole nitrogens is 1. The molecule has 0 spiro atoms. The molecule has 23 heavy (non-hydrogen) atoms. The van der Waals surface area contributed by atoms with Crippen molar-refractivity contribution in [1.29, 1.82) is 0 Å². The zero-order chi connectivity index (χ0) is 16.2. The van der Waals surface area contributed by atoms with Gasteiger partial charge < -0.3 is 14.8 Å². The number of aromatic hydroxyl groups is 1. The third-order valence-corrected chi connectivity index (χ3v) is 3.30. The Morgan fingerprint density at radius 3 is 3.09 bits per heavy atom. The van der Waals surface area contributed by atoms with Crippen LogP contribution in [0, 0.1) is 0 Å². The second-order valence-corrected chi connectivity index (χ2v) is 4.73. The van der Waals surface area contributed by atoms with Gasteiger partial charge in [-0.15, -0.1) is 0 Å². The number of carbonyl (C=O) groups excluding carboxylic acids is 1. The van der Waals surface area contributed by atoms with Gasteiger partial charge in [0.25, 0.3) is 5.91 Å². The Hall–Kier alpha value is -3.35. The van der Waals surface area contributed by atoms with Gasteiger partial charge >= 0.3 is 0 Å². The molecule has 0 saturated carbocycles. The minimum Gasteiger partial charge on any atom is -0.504 e. The molecule has 0 bridgehead atoms. The van der Waals surface area contributed by atoms with Gasteiger partial charge in [-0.05, 0) is 30.3 Å². The first-order valence-corrected chi connectivity index (χ1v) is 6.81. The predicted molar refractivity (Wildman–Crippen MR) is 85.8 cm³/mol. The van der Waals surface area contributed by atoms with Crippen LogP contribution in [0.5, 0.6) is 11.5 Å². The molecule has 1 aromatic heterocycles. The van der Waals surface area contributed by atoms with E-state index < -0.39 is 0 Å². The summed E-state index contributed by atoms with van der Waals surface area (Å²) in [5.41, 5.74) is 4.86. The summed E-state index contributed by atoms with van der Waals surface area (Å²) in [5.74, 6) is -0.0583. The number of phenolic OH excluding ortho intramolecular Hbond substituents is 1. The lowest BCUT2D eigenvalue weighted by atomic mass is 10.2. The molecule has 0 aliphatic heterocycles. The third-order valence-electron chi connectivity index (χ3n) is 3.30. The van der Waals surface area contributed by atoms with Crippen LogP contribution in [-0.2, 0) is 0 Å². The molecule has 2 aromatic carbocycles. The second-order valence-electron chi connectivity index (χ2n) is 4.73. The molecule has 3 N–H and O–H groups in total. The van der Waals surface area contributed by atoms with Gasteiger partial charge in [0.2, 0.25) is 0 Å². The number of para-hydroxylation sites is 1. The van der Waals surface area contributed by atoms with E-state index in [1.54, 1.807) is 42.7 Å². The number of hydrazone groups is 1. The molecule has 0 atom stereocenters. The number of carbonyl (C=O) groups is 1. The fourth-order valence-electron chi connectivity index (χ4n) is 2.11. The number of ether oxygens (including phenoxy) is 1. The van der Waals surface area contributed by atoms with Crippen molar-refractivity contribution < 1.29 is 14.6 Å². The van der Waals surface area contributed by atoms with Crippen molar-refractivity contribution in [3.8, 4) is 11.5 Å². The number of aromatic nitrogens is 2. The summed E-state index contributed by atoms with van der Waals surface area (Å²) < 4.78 is 5.01. The average molecular weight is 310 g/mol. The van der Waals surface area contributed by atoms with E-state index in [1.807, 2.05) is 0 Å². The molecule has 0 radical (unpaired) electrons. The highest BCUT2D eigenvalue weighted by Gasteiger charge is 2.07. The smallest absolute Gasteiger partial charge is 0.271 e. The summed E-state index contributed by atoms with van der Waals surface area (Å²) in [4.78, 5) is 19.1. The Morgan fingerprint density at radius 2 is 2.26 bits per heavy atom. The van der Waals surface area contributed by atoms with E-state index in [0.29, 0.717) is 16.9 Å². The topological polar surface area (TPSA) is 99.6 Å². The van der Waals surface area contributed by atoms with Gasteiger partial charge in [-0.3, -0.25) is 4.79 Å². The van der Waals surface area contributed by atoms with Gasteiger partial charge in [0.05, 0.1) is 30.7 Å². The van der Waals surface area contributed by atoms with Crippen LogP contribution in [-0.4, -0.2) is 34.3 Å². The van der Waals surface area contributed by atoms with Crippen molar-refractivity contribution in [1.82, 2.24) is 15.4 Å². The third kappa shape index (κ3) is 2.98. The standard InChI is InChI=1S/C16H14N4O3/c1-23-14-4-2-3-11(15(14)21)8-19-20-16(22)10-5-6-12-13(7-10)18-9-17-12/h2-9,21H,1H3,(H,17,18)(H,20,22)/b19-8+. The van der Waals surface area contributed by atoms with Gasteiger partial charge in [0.15, 0.2) is 11.5 Å². The van der Waals surface area contributed by atoms with E-state index in [9.17, 15) is 9.90 Å². The zero-order valence-corrected chi connectivity index (χ0v) is 12.3. The van der Waals surface area contributed by atoms with E-state index in [0.717, 1.165) is 11.0 Å². The number of fused-ring (bicyclic) bond motifs is 1. The molecule has 0 unspecified atom stereocenters. The van der Waals surface area contributed by atoms with Crippen molar-refractivity contribution in [3.05, 3.63) is 53.9 Å². The fraction of sp³-hybridized carbons (Fsp3) is 0.0625. The first kappa shape index (κ1) is 14.6. The summed E-state index contributed by atoms with van der Waals surface area (Å²) in [7, 11) is 1.46. The molecule has 7 nitrogen and oxygen atoms in total. The SMILES string of the molecule is COc1cccc(/C=N/NC(=O)c2ccc3nc[nH]c3c2)c1O. The zero-order valence-electron chi connectivity index (χ0n) is 12.3. The van der Waals surface area contributed by atoms with Crippen molar-refractivity contribution >= 4 is 23.2 Å². The maximum Gasteiger partial charge on any atom is 0.271 e. The number of hydrogen-bond donors (Lipinski definition) is 3. The van der Waals surface area contributed by atoms with Crippen molar-refractivity contribution in [2.24, 2.45) is 5.10 Å². The number of nitrogens with one attached hydrogen (secondary N) is 2. The van der Waals surface area contributed by atoms with Crippen LogP contribution in [0.15, 0.2) is 47.8 Å². The van der Waals surface area contributed by atoms with Crippen LogP contribution in [0.4, 0.5) is 0 Å². The highest BCUT2D eigenvalue weighted by molar-refractivity contribution is 5.97. The minimum absolute atomic E-state index is 0.0353. The molecule has 1 amide bonds. The highest BCUT2D eigenvalue weighted by Crippen LogP contribution is 2.27. The Morgan fingerprint density at radius 1 is 1.39 bits per heavy atom. The minimum atomic E-state index is -0.361. The van der Waals surface area contributed by atoms with Crippen LogP contribution in [0.2, 0.25) is 0 Å². The summed E-state index contributed by atoms with van der Waals surface area (Å²) in [6.45, 7) is 0. The second kappa shape index (κ2) is 6.18. The van der Waals surface area contributed by atoms with E-state index in [1.165, 1.54) is 13.3 Å². The van der Waals surface area contributed by atoms with Crippen molar-refractivity contribution in [2.45, 2.75) is 0 Å². The number of rotatable bonds is 4. The van der Waals surface area contributed by atoms with Gasteiger partial charge in [-0.1, -0.05) is 6.07 Å². The normalized spacial score (nSPS) is 11.0. The van der Waals surface area contributed by atoms with Crippen LogP contribution in [0.25, 0.3) is 11.0 Å². The number of aromatic amines is 1. The van der Waals surface area contributed by atoms with Gasteiger partial charge in [0.1, 0.15) is 0 Å². The van der Waals surface area contributed by atoms with E-state index in [-0.39, 0.29) is 11.7 Å². The molecule has 3 rings (SSSR count). The van der Waals surface area contributed by atoms with Gasteiger partial charge in [-0.2, -0.15) is 5.10 Å². The van der Waals surface area contributed by atoms with Gasteiger partial charge in [-0.25, -0.2) is 10.4 Å². The predicted octanol–water partition coefficient (Wildman–Crippen LogP) is 2.04. The summed E-state index contributed by atoms with van der Waals surface area (Å²) in [6, 6.07) is 10.1. The summed E-state index contributed by atoms with van der Waals surface area (Å²) >= 11 is 0. The molecule has 3 aromatic rings. The molecule has 116 valence electrons. The van der Waals surface area contributed by atoms with Crippen LogP contribution in [0.3, 0.4) is 0 Å². The van der Waals surface area contributed by atoms with Gasteiger partial charge in [0, 0.05) is 11.1 Å². The average Bonchev–Trinajstić information content (AvgIpc) is 3.04. The monoisotopic (exact) mass is 310 g/mol. The lowest BCUT2D eigenvalue weighted by Crippen LogP contribution is -2.17. The van der Waals surface area contributed by atoms with E-state index in [4.69, 9.17) is 4.74 Å². The Balaban J connectivity index is 1.73. The fourth-order valence-corrected chi connectivity index (χ4v) is 2.11. The number of hydrogen-bond acceptors (Lipinski definition) is 5. The molecule has 0 aliphatic carbocycles. The number of amides is 1. The number of nitrogens with zero attached hydrogens (tertiary/aromatic N) is 2. The first-order chi connectivity index (χ1) is 11.2. The Labute approximate surface area is 131 Å². The quantitative estimate of drug-likeness (QED) is 0.507. The summed E-state index contributed by atoms with van der Waals surface area (Å²) in [6.07, 6.45) is 2.92. The number of methoxy groups -OCH3 is 1. The molecule has 1 heterocycles. The Bertz CT molecular complexity index is 886. The number of imidazole rings is 1. The molecular weight excluding hydrogens is 296 g/mol. The number of phenols is 1. The maximum absolute atomic E-state index is 12.1. The highest BCUT2D eigenvalue weighted by atomic mass is 16.5. The largest absolute Gasteiger partial charge is 0.504 e. The van der Waals surface area contributed by atoms with Crippen LogP contribution < -0.4 is 10.2 Å². The van der Waals surface area contributed by atoms with Crippen LogP contribution >= 0.6 is 0 Å². The Kier molecular flexibility index (Phi) is 3.92. The molecule has 0 fully saturated rings.